The lowest BCUT2D eigenvalue weighted by atomic mass is 9.95. The van der Waals surface area contributed by atoms with Crippen LogP contribution < -0.4 is 10.2 Å². The van der Waals surface area contributed by atoms with Gasteiger partial charge in [-0.1, -0.05) is 0 Å². The second-order valence-corrected chi connectivity index (χ2v) is 6.48. The van der Waals surface area contributed by atoms with E-state index in [1.807, 2.05) is 24.3 Å². The Morgan fingerprint density at radius 2 is 1.70 bits per heavy atom. The number of carbonyl (C=O) groups excluding carboxylic acids is 2. The van der Waals surface area contributed by atoms with Gasteiger partial charge >= 0.3 is 0 Å². The Bertz CT molecular complexity index is 556. The van der Waals surface area contributed by atoms with Gasteiger partial charge in [-0.05, 0) is 37.1 Å². The van der Waals surface area contributed by atoms with E-state index in [1.54, 1.807) is 7.11 Å². The largest absolute Gasteiger partial charge is 0.382 e. The Morgan fingerprint density at radius 3 is 2.33 bits per heavy atom. The topological polar surface area (TPSA) is 77.1 Å². The summed E-state index contributed by atoms with van der Waals surface area (Å²) in [6.07, 6.45) is 2.50. The average Bonchev–Trinajstić information content (AvgIpc) is 2.72. The zero-order valence-electron chi connectivity index (χ0n) is 16.0. The molecule has 0 spiro atoms. The standard InChI is InChI=1S/C20H30N2O5/c1-25-12-13-27-15-14-26-11-8-21-20(24)18-6-9-22(10-7-18)19-4-2-17(16-23)3-5-19/h2-5,16,18H,6-15H2,1H3,(H,21,24). The molecule has 0 aromatic heterocycles. The summed E-state index contributed by atoms with van der Waals surface area (Å²) in [5.41, 5.74) is 1.78. The summed E-state index contributed by atoms with van der Waals surface area (Å²) in [5.74, 6) is 0.152. The molecular formula is C20H30N2O5. The predicted octanol–water partition coefficient (Wildman–Crippen LogP) is 1.51. The summed E-state index contributed by atoms with van der Waals surface area (Å²) in [6, 6.07) is 7.56. The zero-order chi connectivity index (χ0) is 19.3. The number of rotatable bonds is 12. The van der Waals surface area contributed by atoms with Crippen LogP contribution in [-0.2, 0) is 19.0 Å². The van der Waals surface area contributed by atoms with Crippen molar-refractivity contribution in [3.05, 3.63) is 29.8 Å². The van der Waals surface area contributed by atoms with Gasteiger partial charge in [-0.2, -0.15) is 0 Å². The molecule has 0 unspecified atom stereocenters. The Morgan fingerprint density at radius 1 is 1.07 bits per heavy atom. The molecule has 1 aliphatic heterocycles. The number of nitrogens with one attached hydrogen (secondary N) is 1. The molecule has 7 nitrogen and oxygen atoms in total. The van der Waals surface area contributed by atoms with Crippen molar-refractivity contribution >= 4 is 17.9 Å². The Kier molecular flexibility index (Phi) is 9.83. The maximum atomic E-state index is 12.3. The molecule has 1 amide bonds. The van der Waals surface area contributed by atoms with E-state index in [9.17, 15) is 9.59 Å². The zero-order valence-corrected chi connectivity index (χ0v) is 16.0. The van der Waals surface area contributed by atoms with Crippen molar-refractivity contribution in [3.63, 3.8) is 0 Å². The van der Waals surface area contributed by atoms with Crippen LogP contribution >= 0.6 is 0 Å². The monoisotopic (exact) mass is 378 g/mol. The molecule has 7 heteroatoms. The number of aldehydes is 1. The lowest BCUT2D eigenvalue weighted by Crippen LogP contribution is -2.41. The summed E-state index contributed by atoms with van der Waals surface area (Å²) < 4.78 is 15.6. The van der Waals surface area contributed by atoms with Crippen LogP contribution in [0.2, 0.25) is 0 Å². The highest BCUT2D eigenvalue weighted by Gasteiger charge is 2.24. The Hall–Kier alpha value is -1.96. The third kappa shape index (κ3) is 7.66. The van der Waals surface area contributed by atoms with E-state index < -0.39 is 0 Å². The lowest BCUT2D eigenvalue weighted by Gasteiger charge is -2.33. The van der Waals surface area contributed by atoms with E-state index in [4.69, 9.17) is 14.2 Å². The highest BCUT2D eigenvalue weighted by molar-refractivity contribution is 5.79. The average molecular weight is 378 g/mol. The maximum absolute atomic E-state index is 12.3. The molecular weight excluding hydrogens is 348 g/mol. The first-order chi connectivity index (χ1) is 13.2. The van der Waals surface area contributed by atoms with Gasteiger partial charge in [-0.15, -0.1) is 0 Å². The molecule has 0 radical (unpaired) electrons. The van der Waals surface area contributed by atoms with Crippen LogP contribution in [0.4, 0.5) is 5.69 Å². The fourth-order valence-corrected chi connectivity index (χ4v) is 3.02. The smallest absolute Gasteiger partial charge is 0.223 e. The maximum Gasteiger partial charge on any atom is 0.223 e. The van der Waals surface area contributed by atoms with Crippen LogP contribution in [0.3, 0.4) is 0 Å². The van der Waals surface area contributed by atoms with Gasteiger partial charge in [0.15, 0.2) is 0 Å². The molecule has 1 aromatic rings. The van der Waals surface area contributed by atoms with Gasteiger partial charge in [0.05, 0.1) is 33.0 Å². The van der Waals surface area contributed by atoms with Gasteiger partial charge in [0, 0.05) is 43.9 Å². The number of methoxy groups -OCH3 is 1. The molecule has 0 aliphatic carbocycles. The van der Waals surface area contributed by atoms with Gasteiger partial charge in [0.1, 0.15) is 6.29 Å². The fraction of sp³-hybridized carbons (Fsp3) is 0.600. The quantitative estimate of drug-likeness (QED) is 0.439. The summed E-state index contributed by atoms with van der Waals surface area (Å²) >= 11 is 0. The normalized spacial score (nSPS) is 14.9. The molecule has 0 atom stereocenters. The molecule has 0 saturated carbocycles. The molecule has 2 rings (SSSR count). The molecule has 1 aromatic carbocycles. The van der Waals surface area contributed by atoms with Gasteiger partial charge in [-0.25, -0.2) is 0 Å². The Labute approximate surface area is 161 Å². The second-order valence-electron chi connectivity index (χ2n) is 6.48. The Balaban J connectivity index is 1.56. The number of amides is 1. The van der Waals surface area contributed by atoms with E-state index in [-0.39, 0.29) is 11.8 Å². The number of ether oxygens (including phenoxy) is 3. The first-order valence-electron chi connectivity index (χ1n) is 9.47. The van der Waals surface area contributed by atoms with Crippen LogP contribution in [0.25, 0.3) is 0 Å². The van der Waals surface area contributed by atoms with E-state index in [0.717, 1.165) is 37.9 Å². The van der Waals surface area contributed by atoms with Crippen molar-refractivity contribution in [1.29, 1.82) is 0 Å². The van der Waals surface area contributed by atoms with Crippen LogP contribution in [0.15, 0.2) is 24.3 Å². The summed E-state index contributed by atoms with van der Waals surface area (Å²) in [7, 11) is 1.64. The van der Waals surface area contributed by atoms with Crippen LogP contribution in [-0.4, -0.2) is 72.0 Å². The third-order valence-corrected chi connectivity index (χ3v) is 4.61. The number of hydrogen-bond donors (Lipinski definition) is 1. The van der Waals surface area contributed by atoms with Crippen LogP contribution in [0.5, 0.6) is 0 Å². The van der Waals surface area contributed by atoms with Gasteiger partial charge < -0.3 is 24.4 Å². The van der Waals surface area contributed by atoms with Crippen molar-refractivity contribution in [2.24, 2.45) is 5.92 Å². The minimum absolute atomic E-state index is 0.0490. The first kappa shape index (κ1) is 21.3. The van der Waals surface area contributed by atoms with Gasteiger partial charge in [0.25, 0.3) is 0 Å². The SMILES string of the molecule is COCCOCCOCCNC(=O)C1CCN(c2ccc(C=O)cc2)CC1. The van der Waals surface area contributed by atoms with E-state index in [0.29, 0.717) is 45.1 Å². The van der Waals surface area contributed by atoms with Gasteiger partial charge in [0.2, 0.25) is 5.91 Å². The molecule has 1 fully saturated rings. The minimum atomic E-state index is 0.0490. The highest BCUT2D eigenvalue weighted by atomic mass is 16.5. The van der Waals surface area contributed by atoms with Crippen molar-refractivity contribution in [1.82, 2.24) is 5.32 Å². The van der Waals surface area contributed by atoms with Crippen molar-refractivity contribution in [3.8, 4) is 0 Å². The summed E-state index contributed by atoms with van der Waals surface area (Å²) in [6.45, 7) is 4.88. The van der Waals surface area contributed by atoms with Crippen molar-refractivity contribution in [2.75, 3.05) is 64.7 Å². The minimum Gasteiger partial charge on any atom is -0.382 e. The molecule has 0 bridgehead atoms. The molecule has 1 saturated heterocycles. The number of anilines is 1. The van der Waals surface area contributed by atoms with Crippen molar-refractivity contribution in [2.45, 2.75) is 12.8 Å². The van der Waals surface area contributed by atoms with E-state index in [2.05, 4.69) is 10.2 Å². The van der Waals surface area contributed by atoms with Gasteiger partial charge in [-0.3, -0.25) is 9.59 Å². The third-order valence-electron chi connectivity index (χ3n) is 4.61. The van der Waals surface area contributed by atoms with Crippen LogP contribution in [0.1, 0.15) is 23.2 Å². The van der Waals surface area contributed by atoms with E-state index >= 15 is 0 Å². The molecule has 27 heavy (non-hydrogen) atoms. The highest BCUT2D eigenvalue weighted by Crippen LogP contribution is 2.23. The number of hydrogen-bond acceptors (Lipinski definition) is 6. The predicted molar refractivity (Wildman–Crippen MR) is 103 cm³/mol. The molecule has 1 heterocycles. The molecule has 150 valence electrons. The number of benzene rings is 1. The first-order valence-corrected chi connectivity index (χ1v) is 9.47. The van der Waals surface area contributed by atoms with Crippen molar-refractivity contribution < 1.29 is 23.8 Å². The molecule has 1 N–H and O–H groups in total. The number of piperidine rings is 1. The lowest BCUT2D eigenvalue weighted by molar-refractivity contribution is -0.125. The number of nitrogens with zero attached hydrogens (tertiary/aromatic N) is 1. The summed E-state index contributed by atoms with van der Waals surface area (Å²) in [4.78, 5) is 25.3. The summed E-state index contributed by atoms with van der Waals surface area (Å²) in [5, 5.41) is 2.95. The van der Waals surface area contributed by atoms with Crippen LogP contribution in [0, 0.1) is 5.92 Å². The molecule has 1 aliphatic rings. The fourth-order valence-electron chi connectivity index (χ4n) is 3.02. The van der Waals surface area contributed by atoms with E-state index in [1.165, 1.54) is 0 Å². The number of carbonyl (C=O) groups is 2. The second kappa shape index (κ2) is 12.4.